The Kier molecular flexibility index (Phi) is 0.855. The molecule has 0 heterocycles. The van der Waals surface area contributed by atoms with E-state index in [0.29, 0.717) is 0 Å². The van der Waals surface area contributed by atoms with Crippen LogP contribution in [-0.4, -0.2) is 5.97 Å². The van der Waals surface area contributed by atoms with Gasteiger partial charge in [-0.15, -0.1) is 0 Å². The van der Waals surface area contributed by atoms with Crippen LogP contribution in [0.3, 0.4) is 0 Å². The first-order valence-electron chi connectivity index (χ1n) is 2.02. The quantitative estimate of drug-likeness (QED) is 0.449. The van der Waals surface area contributed by atoms with E-state index in [1.54, 1.807) is 0 Å². The number of hydrogen-bond donors (Lipinski definition) is 0. The molecule has 7 heavy (non-hydrogen) atoms. The van der Waals surface area contributed by atoms with Crippen LogP contribution in [-0.2, 0) is 9.53 Å². The number of ether oxygens (including phenoxy) is 1. The molecule has 0 aliphatic heterocycles. The van der Waals surface area contributed by atoms with Crippen LogP contribution in [0.2, 0.25) is 0 Å². The van der Waals surface area contributed by atoms with E-state index in [-0.39, 0.29) is 0 Å². The molecule has 2 nitrogen and oxygen atoms in total. The predicted molar refractivity (Wildman–Crippen MR) is 24.1 cm³/mol. The largest absolute Gasteiger partial charge is 0.431 e. The average molecular weight is 97.1 g/mol. The summed E-state index contributed by atoms with van der Waals surface area (Å²) < 4.78 is 4.47. The molecule has 2 heteroatoms. The summed E-state index contributed by atoms with van der Waals surface area (Å²) in [6.07, 6.45) is 2.64. The van der Waals surface area contributed by atoms with Gasteiger partial charge >= 0.3 is 5.97 Å². The Hall–Kier alpha value is -0.790. The first-order chi connectivity index (χ1) is 3.29. The molecule has 0 N–H and O–H groups in total. The standard InChI is InChI=1S/C5H5O2/c1-4(6)7-5-2-3-5/h2H,1,3H2. The van der Waals surface area contributed by atoms with Crippen molar-refractivity contribution in [3.05, 3.63) is 18.8 Å². The highest BCUT2D eigenvalue weighted by molar-refractivity contribution is 5.75. The Morgan fingerprint density at radius 3 is 2.71 bits per heavy atom. The number of esters is 1. The van der Waals surface area contributed by atoms with Gasteiger partial charge in [-0.3, -0.25) is 4.79 Å². The monoisotopic (exact) mass is 97.0 g/mol. The molecule has 1 aliphatic rings. The van der Waals surface area contributed by atoms with Gasteiger partial charge in [-0.25, -0.2) is 0 Å². The molecule has 0 amide bonds. The van der Waals surface area contributed by atoms with Crippen molar-refractivity contribution in [1.29, 1.82) is 0 Å². The fourth-order valence-corrected chi connectivity index (χ4v) is 0.271. The Balaban J connectivity index is 2.21. The summed E-state index contributed by atoms with van der Waals surface area (Å²) in [4.78, 5) is 9.92. The van der Waals surface area contributed by atoms with Crippen LogP contribution >= 0.6 is 0 Å². The van der Waals surface area contributed by atoms with Crippen LogP contribution in [0.4, 0.5) is 0 Å². The second kappa shape index (κ2) is 1.37. The van der Waals surface area contributed by atoms with E-state index in [1.165, 1.54) is 0 Å². The minimum Gasteiger partial charge on any atom is -0.431 e. The lowest BCUT2D eigenvalue weighted by Gasteiger charge is -1.87. The maximum absolute atomic E-state index is 9.92. The average Bonchev–Trinajstić information content (AvgIpc) is 2.17. The number of hydrogen-bond acceptors (Lipinski definition) is 2. The van der Waals surface area contributed by atoms with Crippen molar-refractivity contribution in [1.82, 2.24) is 0 Å². The molecule has 0 unspecified atom stereocenters. The summed E-state index contributed by atoms with van der Waals surface area (Å²) in [7, 11) is 0. The zero-order chi connectivity index (χ0) is 5.28. The normalized spacial score (nSPS) is 15.3. The fourth-order valence-electron chi connectivity index (χ4n) is 0.271. The zero-order valence-electron chi connectivity index (χ0n) is 3.81. The summed E-state index contributed by atoms with van der Waals surface area (Å²) >= 11 is 0. The maximum atomic E-state index is 9.92. The first kappa shape index (κ1) is 4.37. The molecule has 37 valence electrons. The van der Waals surface area contributed by atoms with Gasteiger partial charge in [0.1, 0.15) is 5.76 Å². The van der Waals surface area contributed by atoms with Crippen molar-refractivity contribution < 1.29 is 9.53 Å². The van der Waals surface area contributed by atoms with E-state index >= 15 is 0 Å². The maximum Gasteiger partial charge on any atom is 0.311 e. The van der Waals surface area contributed by atoms with Gasteiger partial charge in [-0.1, -0.05) is 0 Å². The SMILES string of the molecule is [CH2]C(=O)OC1=CC1. The van der Waals surface area contributed by atoms with Gasteiger partial charge in [-0.05, 0) is 6.08 Å². The van der Waals surface area contributed by atoms with Crippen LogP contribution in [0.5, 0.6) is 0 Å². The first-order valence-corrected chi connectivity index (χ1v) is 2.02. The minimum absolute atomic E-state index is 0.469. The number of rotatable bonds is 1. The second-order valence-electron chi connectivity index (χ2n) is 1.35. The van der Waals surface area contributed by atoms with E-state index in [4.69, 9.17) is 0 Å². The van der Waals surface area contributed by atoms with E-state index < -0.39 is 5.97 Å². The van der Waals surface area contributed by atoms with Crippen LogP contribution in [0.1, 0.15) is 6.42 Å². The molecule has 0 fully saturated rings. The summed E-state index contributed by atoms with van der Waals surface area (Å²) in [6.45, 7) is 3.02. The second-order valence-corrected chi connectivity index (χ2v) is 1.35. The third-order valence-electron chi connectivity index (χ3n) is 0.616. The van der Waals surface area contributed by atoms with Crippen molar-refractivity contribution in [2.75, 3.05) is 0 Å². The number of allylic oxidation sites excluding steroid dienone is 2. The van der Waals surface area contributed by atoms with E-state index in [1.807, 2.05) is 6.08 Å². The summed E-state index contributed by atoms with van der Waals surface area (Å²) in [5.41, 5.74) is 0. The van der Waals surface area contributed by atoms with Gasteiger partial charge in [-0.2, -0.15) is 0 Å². The molecular weight excluding hydrogens is 92.1 g/mol. The topological polar surface area (TPSA) is 26.3 Å². The Bertz CT molecular complexity index is 124. The van der Waals surface area contributed by atoms with Gasteiger partial charge in [0.25, 0.3) is 0 Å². The van der Waals surface area contributed by atoms with Gasteiger partial charge in [0.05, 0.1) is 6.92 Å². The molecule has 0 spiro atoms. The smallest absolute Gasteiger partial charge is 0.311 e. The molecular formula is C5H5O2. The molecule has 0 aromatic carbocycles. The van der Waals surface area contributed by atoms with Gasteiger partial charge < -0.3 is 4.74 Å². The van der Waals surface area contributed by atoms with Crippen LogP contribution in [0.25, 0.3) is 0 Å². The lowest BCUT2D eigenvalue weighted by Crippen LogP contribution is -1.91. The van der Waals surface area contributed by atoms with Crippen molar-refractivity contribution in [2.45, 2.75) is 6.42 Å². The van der Waals surface area contributed by atoms with Crippen LogP contribution in [0, 0.1) is 6.92 Å². The van der Waals surface area contributed by atoms with Crippen LogP contribution < -0.4 is 0 Å². The Morgan fingerprint density at radius 1 is 2.00 bits per heavy atom. The summed E-state index contributed by atoms with van der Waals surface area (Å²) in [5.74, 6) is 0.281. The Morgan fingerprint density at radius 2 is 2.57 bits per heavy atom. The van der Waals surface area contributed by atoms with Gasteiger partial charge in [0, 0.05) is 6.42 Å². The molecule has 0 saturated carbocycles. The molecule has 0 atom stereocenters. The van der Waals surface area contributed by atoms with E-state index in [9.17, 15) is 4.79 Å². The minimum atomic E-state index is -0.469. The summed E-state index contributed by atoms with van der Waals surface area (Å²) in [6, 6.07) is 0. The van der Waals surface area contributed by atoms with Crippen molar-refractivity contribution in [2.24, 2.45) is 0 Å². The summed E-state index contributed by atoms with van der Waals surface area (Å²) in [5, 5.41) is 0. The molecule has 0 saturated heterocycles. The predicted octanol–water partition coefficient (Wildman–Crippen LogP) is 0.651. The highest BCUT2D eigenvalue weighted by Crippen LogP contribution is 2.18. The number of carbonyl (C=O) groups excluding carboxylic acids is 1. The lowest BCUT2D eigenvalue weighted by atomic mass is 10.8. The van der Waals surface area contributed by atoms with Crippen molar-refractivity contribution in [3.63, 3.8) is 0 Å². The number of carbonyl (C=O) groups is 1. The zero-order valence-corrected chi connectivity index (χ0v) is 3.81. The molecule has 1 aliphatic carbocycles. The molecule has 1 rings (SSSR count). The molecule has 0 aromatic rings. The third kappa shape index (κ3) is 1.39. The Labute approximate surface area is 41.8 Å². The van der Waals surface area contributed by atoms with Crippen molar-refractivity contribution in [3.8, 4) is 0 Å². The molecule has 1 radical (unpaired) electrons. The third-order valence-corrected chi connectivity index (χ3v) is 0.616. The lowest BCUT2D eigenvalue weighted by molar-refractivity contribution is -0.133. The van der Waals surface area contributed by atoms with Gasteiger partial charge in [0.2, 0.25) is 0 Å². The van der Waals surface area contributed by atoms with E-state index in [2.05, 4.69) is 11.7 Å². The highest BCUT2D eigenvalue weighted by atomic mass is 16.5. The van der Waals surface area contributed by atoms with Crippen molar-refractivity contribution >= 4 is 5.97 Å². The molecule has 0 bridgehead atoms. The van der Waals surface area contributed by atoms with Crippen LogP contribution in [0.15, 0.2) is 11.8 Å². The molecule has 0 aromatic heterocycles. The van der Waals surface area contributed by atoms with E-state index in [0.717, 1.165) is 12.2 Å². The van der Waals surface area contributed by atoms with Gasteiger partial charge in [0.15, 0.2) is 0 Å². The highest BCUT2D eigenvalue weighted by Gasteiger charge is 2.09. The fraction of sp³-hybridized carbons (Fsp3) is 0.200.